The van der Waals surface area contributed by atoms with Gasteiger partial charge in [-0.3, -0.25) is 4.79 Å². The van der Waals surface area contributed by atoms with Crippen molar-refractivity contribution < 1.29 is 4.79 Å². The number of amides is 1. The molecule has 7 nitrogen and oxygen atoms in total. The molecule has 0 saturated carbocycles. The summed E-state index contributed by atoms with van der Waals surface area (Å²) in [7, 11) is 0. The lowest BCUT2D eigenvalue weighted by molar-refractivity contribution is -0.132. The number of carbonyl (C=O) groups excluding carboxylic acids is 1. The number of likely N-dealkylation sites (tertiary alicyclic amines) is 1. The molecule has 1 aliphatic heterocycles. The molecule has 1 aromatic carbocycles. The lowest BCUT2D eigenvalue weighted by Crippen LogP contribution is -2.46. The number of piperidine rings is 1. The van der Waals surface area contributed by atoms with Gasteiger partial charge in [-0.15, -0.1) is 21.5 Å². The van der Waals surface area contributed by atoms with E-state index in [0.29, 0.717) is 31.2 Å². The Morgan fingerprint density at radius 2 is 1.85 bits per heavy atom. The minimum Gasteiger partial charge on any atom is -0.375 e. The van der Waals surface area contributed by atoms with Gasteiger partial charge in [0.25, 0.3) is 0 Å². The molecule has 0 atom stereocenters. The summed E-state index contributed by atoms with van der Waals surface area (Å²) in [4.78, 5) is 19.2. The smallest absolute Gasteiger partial charge is 0.224 e. The number of nitrogen functional groups attached to an aromatic ring is 1. The van der Waals surface area contributed by atoms with Crippen LogP contribution in [0.2, 0.25) is 0 Å². The molecule has 0 radical (unpaired) electrons. The van der Waals surface area contributed by atoms with Gasteiger partial charge >= 0.3 is 0 Å². The third kappa shape index (κ3) is 3.57. The molecular weight excluding hydrogens is 360 g/mol. The Morgan fingerprint density at radius 1 is 1.15 bits per heavy atom. The van der Waals surface area contributed by atoms with Gasteiger partial charge in [0.1, 0.15) is 12.7 Å². The van der Waals surface area contributed by atoms with Crippen LogP contribution in [0.4, 0.5) is 5.13 Å². The highest BCUT2D eigenvalue weighted by molar-refractivity contribution is 7.13. The predicted octanol–water partition coefficient (Wildman–Crippen LogP) is 2.32. The molecule has 1 aliphatic rings. The highest BCUT2D eigenvalue weighted by Gasteiger charge is 2.40. The van der Waals surface area contributed by atoms with Crippen LogP contribution in [0.25, 0.3) is 0 Å². The first kappa shape index (κ1) is 17.7. The number of nitrogens with two attached hydrogens (primary N) is 1. The minimum atomic E-state index is -0.180. The lowest BCUT2D eigenvalue weighted by Gasteiger charge is -2.41. The first-order valence-corrected chi connectivity index (χ1v) is 9.92. The van der Waals surface area contributed by atoms with Crippen LogP contribution in [0.1, 0.15) is 30.5 Å². The fourth-order valence-corrected chi connectivity index (χ4v) is 4.48. The molecule has 27 heavy (non-hydrogen) atoms. The van der Waals surface area contributed by atoms with Crippen molar-refractivity contribution in [1.29, 1.82) is 0 Å². The van der Waals surface area contributed by atoms with Gasteiger partial charge in [0.15, 0.2) is 5.13 Å². The van der Waals surface area contributed by atoms with Gasteiger partial charge in [-0.25, -0.2) is 4.98 Å². The van der Waals surface area contributed by atoms with Crippen molar-refractivity contribution in [1.82, 2.24) is 24.6 Å². The third-order valence-corrected chi connectivity index (χ3v) is 6.03. The van der Waals surface area contributed by atoms with E-state index in [1.165, 1.54) is 16.9 Å². The summed E-state index contributed by atoms with van der Waals surface area (Å²) in [6, 6.07) is 10.4. The Morgan fingerprint density at radius 3 is 2.48 bits per heavy atom. The topological polar surface area (TPSA) is 89.9 Å². The summed E-state index contributed by atoms with van der Waals surface area (Å²) in [6.07, 6.45) is 5.42. The summed E-state index contributed by atoms with van der Waals surface area (Å²) >= 11 is 1.48. The second-order valence-electron chi connectivity index (χ2n) is 6.85. The van der Waals surface area contributed by atoms with E-state index in [-0.39, 0.29) is 11.3 Å². The Labute approximate surface area is 161 Å². The van der Waals surface area contributed by atoms with Gasteiger partial charge in [0, 0.05) is 36.9 Å². The molecule has 3 aromatic rings. The number of anilines is 1. The number of aromatic nitrogens is 4. The van der Waals surface area contributed by atoms with E-state index in [1.807, 2.05) is 15.5 Å². The highest BCUT2D eigenvalue weighted by Crippen LogP contribution is 2.42. The summed E-state index contributed by atoms with van der Waals surface area (Å²) in [5, 5.41) is 10.2. The van der Waals surface area contributed by atoms with E-state index in [2.05, 4.69) is 44.8 Å². The van der Waals surface area contributed by atoms with Crippen molar-refractivity contribution >= 4 is 22.4 Å². The Kier molecular flexibility index (Phi) is 4.89. The second-order valence-corrected chi connectivity index (χ2v) is 7.74. The number of hydrogen-bond donors (Lipinski definition) is 1. The minimum absolute atomic E-state index is 0.170. The maximum atomic E-state index is 12.6. The number of carbonyl (C=O) groups is 1. The van der Waals surface area contributed by atoms with Gasteiger partial charge in [0.2, 0.25) is 5.91 Å². The van der Waals surface area contributed by atoms with Crippen LogP contribution < -0.4 is 5.73 Å². The van der Waals surface area contributed by atoms with Gasteiger partial charge in [-0.05, 0) is 18.4 Å². The zero-order valence-electron chi connectivity index (χ0n) is 15.0. The number of rotatable bonds is 5. The van der Waals surface area contributed by atoms with Crippen LogP contribution in [0.15, 0.2) is 48.4 Å². The molecule has 1 amide bonds. The van der Waals surface area contributed by atoms with Crippen LogP contribution in [-0.4, -0.2) is 43.6 Å². The lowest BCUT2D eigenvalue weighted by atomic mass is 9.70. The van der Waals surface area contributed by atoms with E-state index in [0.717, 1.165) is 18.5 Å². The molecule has 0 unspecified atom stereocenters. The van der Waals surface area contributed by atoms with Crippen molar-refractivity contribution in [3.63, 3.8) is 0 Å². The van der Waals surface area contributed by atoms with Crippen LogP contribution in [0.3, 0.4) is 0 Å². The standard InChI is InChI=1S/C19H22N6OS/c20-18-23-16(12-27-18)19(15-4-2-1-3-5-15)7-10-25(11-8-19)17(26)6-9-24-13-21-22-14-24/h1-5,12-14H,6-11H2,(H2,20,23). The normalized spacial score (nSPS) is 16.4. The molecule has 0 aliphatic carbocycles. The quantitative estimate of drug-likeness (QED) is 0.731. The zero-order chi connectivity index (χ0) is 18.7. The van der Waals surface area contributed by atoms with Crippen molar-refractivity contribution in [2.24, 2.45) is 0 Å². The largest absolute Gasteiger partial charge is 0.375 e. The van der Waals surface area contributed by atoms with Crippen LogP contribution >= 0.6 is 11.3 Å². The maximum absolute atomic E-state index is 12.6. The fraction of sp³-hybridized carbons (Fsp3) is 0.368. The first-order chi connectivity index (χ1) is 13.2. The number of nitrogens with zero attached hydrogens (tertiary/aromatic N) is 5. The van der Waals surface area contributed by atoms with Crippen molar-refractivity contribution in [3.05, 3.63) is 59.6 Å². The van der Waals surface area contributed by atoms with Gasteiger partial charge in [-0.2, -0.15) is 0 Å². The van der Waals surface area contributed by atoms with Crippen LogP contribution in [-0.2, 0) is 16.8 Å². The number of hydrogen-bond acceptors (Lipinski definition) is 6. The Balaban J connectivity index is 1.49. The molecule has 8 heteroatoms. The molecule has 3 heterocycles. The molecule has 0 bridgehead atoms. The number of aryl methyl sites for hydroxylation is 1. The summed E-state index contributed by atoms with van der Waals surface area (Å²) < 4.78 is 1.83. The molecule has 4 rings (SSSR count). The van der Waals surface area contributed by atoms with Crippen molar-refractivity contribution in [3.8, 4) is 0 Å². The van der Waals surface area contributed by atoms with Crippen molar-refractivity contribution in [2.75, 3.05) is 18.8 Å². The van der Waals surface area contributed by atoms with Gasteiger partial charge in [0.05, 0.1) is 5.69 Å². The van der Waals surface area contributed by atoms with E-state index >= 15 is 0 Å². The van der Waals surface area contributed by atoms with Gasteiger partial charge < -0.3 is 15.2 Å². The highest BCUT2D eigenvalue weighted by atomic mass is 32.1. The fourth-order valence-electron chi connectivity index (χ4n) is 3.82. The number of benzene rings is 1. The third-order valence-electron chi connectivity index (χ3n) is 5.36. The average molecular weight is 382 g/mol. The second kappa shape index (κ2) is 7.48. The van der Waals surface area contributed by atoms with E-state index < -0.39 is 0 Å². The van der Waals surface area contributed by atoms with Crippen LogP contribution in [0.5, 0.6) is 0 Å². The summed E-state index contributed by atoms with van der Waals surface area (Å²) in [5.41, 5.74) is 8.00. The molecule has 2 aromatic heterocycles. The maximum Gasteiger partial charge on any atom is 0.224 e. The van der Waals surface area contributed by atoms with Crippen LogP contribution in [0, 0.1) is 0 Å². The van der Waals surface area contributed by atoms with E-state index in [4.69, 9.17) is 5.73 Å². The number of thiazole rings is 1. The molecule has 140 valence electrons. The monoisotopic (exact) mass is 382 g/mol. The Hall–Kier alpha value is -2.74. The first-order valence-electron chi connectivity index (χ1n) is 9.04. The predicted molar refractivity (Wildman–Crippen MR) is 104 cm³/mol. The average Bonchev–Trinajstić information content (AvgIpc) is 3.39. The summed E-state index contributed by atoms with van der Waals surface area (Å²) in [6.45, 7) is 2.04. The van der Waals surface area contributed by atoms with E-state index in [1.54, 1.807) is 12.7 Å². The molecule has 0 spiro atoms. The summed E-state index contributed by atoms with van der Waals surface area (Å²) in [5.74, 6) is 0.170. The molecule has 1 saturated heterocycles. The molecular formula is C19H22N6OS. The van der Waals surface area contributed by atoms with E-state index in [9.17, 15) is 4.79 Å². The zero-order valence-corrected chi connectivity index (χ0v) is 15.8. The van der Waals surface area contributed by atoms with Crippen molar-refractivity contribution in [2.45, 2.75) is 31.2 Å². The Bertz CT molecular complexity index is 884. The molecule has 1 fully saturated rings. The molecule has 2 N–H and O–H groups in total. The van der Waals surface area contributed by atoms with Gasteiger partial charge in [-0.1, -0.05) is 30.3 Å². The SMILES string of the molecule is Nc1nc(C2(c3ccccc3)CCN(C(=O)CCn3cnnc3)CC2)cs1.